The Kier molecular flexibility index (Phi) is 4.36. The summed E-state index contributed by atoms with van der Waals surface area (Å²) >= 11 is 0. The molecule has 1 aliphatic carbocycles. The third kappa shape index (κ3) is 3.61. The topological polar surface area (TPSA) is 53.1 Å². The van der Waals surface area contributed by atoms with E-state index >= 15 is 0 Å². The SMILES string of the molecule is NCCc1cncn1CCCOCC1CC1. The molecule has 1 saturated carbocycles. The van der Waals surface area contributed by atoms with Crippen molar-refractivity contribution in [2.24, 2.45) is 11.7 Å². The maximum absolute atomic E-state index is 5.60. The Morgan fingerprint density at radius 3 is 3.12 bits per heavy atom. The van der Waals surface area contributed by atoms with Crippen LogP contribution in [0.25, 0.3) is 0 Å². The van der Waals surface area contributed by atoms with E-state index in [1.165, 1.54) is 18.5 Å². The number of rotatable bonds is 8. The van der Waals surface area contributed by atoms with Gasteiger partial charge in [0, 0.05) is 38.1 Å². The molecule has 1 fully saturated rings. The molecular formula is C12H21N3O. The highest BCUT2D eigenvalue weighted by Gasteiger charge is 2.20. The van der Waals surface area contributed by atoms with Gasteiger partial charge in [0.1, 0.15) is 0 Å². The van der Waals surface area contributed by atoms with Gasteiger partial charge in [-0.25, -0.2) is 4.98 Å². The molecule has 4 nitrogen and oxygen atoms in total. The maximum atomic E-state index is 5.60. The fourth-order valence-electron chi connectivity index (χ4n) is 1.78. The van der Waals surface area contributed by atoms with Gasteiger partial charge >= 0.3 is 0 Å². The van der Waals surface area contributed by atoms with Gasteiger partial charge < -0.3 is 15.0 Å². The van der Waals surface area contributed by atoms with Gasteiger partial charge in [-0.2, -0.15) is 0 Å². The van der Waals surface area contributed by atoms with Gasteiger partial charge in [-0.1, -0.05) is 0 Å². The van der Waals surface area contributed by atoms with Crippen LogP contribution in [-0.4, -0.2) is 29.3 Å². The van der Waals surface area contributed by atoms with Gasteiger partial charge in [-0.3, -0.25) is 0 Å². The molecule has 0 unspecified atom stereocenters. The van der Waals surface area contributed by atoms with Crippen molar-refractivity contribution < 1.29 is 4.74 Å². The zero-order chi connectivity index (χ0) is 11.2. The molecule has 1 aromatic heterocycles. The highest BCUT2D eigenvalue weighted by molar-refractivity contribution is 4.98. The van der Waals surface area contributed by atoms with Crippen molar-refractivity contribution in [1.82, 2.24) is 9.55 Å². The molecule has 0 aromatic carbocycles. The molecule has 0 atom stereocenters. The van der Waals surface area contributed by atoms with Crippen LogP contribution >= 0.6 is 0 Å². The molecule has 2 rings (SSSR count). The second-order valence-corrected chi connectivity index (χ2v) is 4.49. The Bertz CT molecular complexity index is 307. The standard InChI is InChI=1S/C12H21N3O/c13-5-4-12-8-14-10-15(12)6-1-7-16-9-11-2-3-11/h8,10-11H,1-7,9,13H2. The molecule has 2 N–H and O–H groups in total. The van der Waals surface area contributed by atoms with E-state index in [0.717, 1.165) is 38.5 Å². The van der Waals surface area contributed by atoms with Crippen molar-refractivity contribution in [1.29, 1.82) is 0 Å². The average molecular weight is 223 g/mol. The molecule has 4 heteroatoms. The van der Waals surface area contributed by atoms with Crippen molar-refractivity contribution >= 4 is 0 Å². The molecule has 1 heterocycles. The Labute approximate surface area is 96.8 Å². The highest BCUT2D eigenvalue weighted by Crippen LogP contribution is 2.28. The number of nitrogens with two attached hydrogens (primary N) is 1. The van der Waals surface area contributed by atoms with Crippen LogP contribution in [0.15, 0.2) is 12.5 Å². The Morgan fingerprint density at radius 2 is 2.38 bits per heavy atom. The van der Waals surface area contributed by atoms with Gasteiger partial charge in [0.2, 0.25) is 0 Å². The molecule has 0 amide bonds. The van der Waals surface area contributed by atoms with E-state index in [0.29, 0.717) is 6.54 Å². The predicted molar refractivity (Wildman–Crippen MR) is 63.1 cm³/mol. The summed E-state index contributed by atoms with van der Waals surface area (Å²) in [5.74, 6) is 0.862. The summed E-state index contributed by atoms with van der Waals surface area (Å²) in [6.45, 7) is 3.49. The van der Waals surface area contributed by atoms with Crippen LogP contribution < -0.4 is 5.73 Å². The van der Waals surface area contributed by atoms with Gasteiger partial charge in [-0.15, -0.1) is 0 Å². The molecule has 0 radical (unpaired) electrons. The molecule has 1 aliphatic rings. The molecule has 90 valence electrons. The van der Waals surface area contributed by atoms with Crippen LogP contribution in [-0.2, 0) is 17.7 Å². The fraction of sp³-hybridized carbons (Fsp3) is 0.750. The molecular weight excluding hydrogens is 202 g/mol. The smallest absolute Gasteiger partial charge is 0.0948 e. The lowest BCUT2D eigenvalue weighted by Crippen LogP contribution is -2.10. The first-order chi connectivity index (χ1) is 7.90. The fourth-order valence-corrected chi connectivity index (χ4v) is 1.78. The van der Waals surface area contributed by atoms with E-state index in [2.05, 4.69) is 9.55 Å². The van der Waals surface area contributed by atoms with Crippen molar-refractivity contribution in [3.05, 3.63) is 18.2 Å². The summed E-state index contributed by atoms with van der Waals surface area (Å²) in [4.78, 5) is 4.14. The van der Waals surface area contributed by atoms with Crippen LogP contribution in [0, 0.1) is 5.92 Å². The van der Waals surface area contributed by atoms with Crippen molar-refractivity contribution in [3.8, 4) is 0 Å². The summed E-state index contributed by atoms with van der Waals surface area (Å²) in [6.07, 6.45) is 8.47. The normalized spacial score (nSPS) is 15.6. The summed E-state index contributed by atoms with van der Waals surface area (Å²) in [7, 11) is 0. The zero-order valence-electron chi connectivity index (χ0n) is 9.77. The Hall–Kier alpha value is -0.870. The number of aryl methyl sites for hydroxylation is 1. The Morgan fingerprint density at radius 1 is 1.50 bits per heavy atom. The first-order valence-electron chi connectivity index (χ1n) is 6.17. The molecule has 0 bridgehead atoms. The first kappa shape index (κ1) is 11.6. The quantitative estimate of drug-likeness (QED) is 0.674. The summed E-state index contributed by atoms with van der Waals surface area (Å²) in [5.41, 5.74) is 6.77. The van der Waals surface area contributed by atoms with Gasteiger partial charge in [0.05, 0.1) is 6.33 Å². The minimum Gasteiger partial charge on any atom is -0.381 e. The van der Waals surface area contributed by atoms with Crippen LogP contribution in [0.5, 0.6) is 0 Å². The molecule has 1 aromatic rings. The zero-order valence-corrected chi connectivity index (χ0v) is 9.77. The highest BCUT2D eigenvalue weighted by atomic mass is 16.5. The van der Waals surface area contributed by atoms with E-state index in [4.69, 9.17) is 10.5 Å². The third-order valence-corrected chi connectivity index (χ3v) is 2.94. The largest absolute Gasteiger partial charge is 0.381 e. The number of hydrogen-bond acceptors (Lipinski definition) is 3. The van der Waals surface area contributed by atoms with E-state index in [-0.39, 0.29) is 0 Å². The third-order valence-electron chi connectivity index (χ3n) is 2.94. The second-order valence-electron chi connectivity index (χ2n) is 4.49. The molecule has 0 spiro atoms. The summed E-state index contributed by atoms with van der Waals surface area (Å²) in [5, 5.41) is 0. The number of nitrogens with zero attached hydrogens (tertiary/aromatic N) is 2. The monoisotopic (exact) mass is 223 g/mol. The average Bonchev–Trinajstić information content (AvgIpc) is 3.00. The van der Waals surface area contributed by atoms with E-state index < -0.39 is 0 Å². The van der Waals surface area contributed by atoms with Gasteiger partial charge in [0.25, 0.3) is 0 Å². The second kappa shape index (κ2) is 6.01. The first-order valence-corrected chi connectivity index (χ1v) is 6.17. The number of aromatic nitrogens is 2. The minimum absolute atomic E-state index is 0.684. The molecule has 16 heavy (non-hydrogen) atoms. The van der Waals surface area contributed by atoms with E-state index in [1.807, 2.05) is 12.5 Å². The summed E-state index contributed by atoms with van der Waals surface area (Å²) < 4.78 is 7.77. The van der Waals surface area contributed by atoms with Crippen molar-refractivity contribution in [3.63, 3.8) is 0 Å². The molecule has 0 aliphatic heterocycles. The van der Waals surface area contributed by atoms with Crippen LogP contribution in [0.3, 0.4) is 0 Å². The van der Waals surface area contributed by atoms with Crippen LogP contribution in [0.2, 0.25) is 0 Å². The van der Waals surface area contributed by atoms with Crippen LogP contribution in [0.4, 0.5) is 0 Å². The minimum atomic E-state index is 0.684. The Balaban J connectivity index is 1.61. The lowest BCUT2D eigenvalue weighted by Gasteiger charge is -2.07. The lowest BCUT2D eigenvalue weighted by atomic mass is 10.3. The van der Waals surface area contributed by atoms with Crippen LogP contribution in [0.1, 0.15) is 25.0 Å². The maximum Gasteiger partial charge on any atom is 0.0948 e. The van der Waals surface area contributed by atoms with Crippen molar-refractivity contribution in [2.75, 3.05) is 19.8 Å². The predicted octanol–water partition coefficient (Wildman–Crippen LogP) is 1.20. The van der Waals surface area contributed by atoms with E-state index in [9.17, 15) is 0 Å². The van der Waals surface area contributed by atoms with E-state index in [1.54, 1.807) is 0 Å². The molecule has 0 saturated heterocycles. The van der Waals surface area contributed by atoms with Crippen molar-refractivity contribution in [2.45, 2.75) is 32.2 Å². The van der Waals surface area contributed by atoms with Gasteiger partial charge in [0.15, 0.2) is 0 Å². The number of imidazole rings is 1. The lowest BCUT2D eigenvalue weighted by molar-refractivity contribution is 0.119. The number of hydrogen-bond donors (Lipinski definition) is 1. The number of ether oxygens (including phenoxy) is 1. The summed E-state index contributed by atoms with van der Waals surface area (Å²) in [6, 6.07) is 0. The van der Waals surface area contributed by atoms with Gasteiger partial charge in [-0.05, 0) is 31.7 Å².